The van der Waals surface area contributed by atoms with E-state index in [4.69, 9.17) is 0 Å². The molecule has 1 atom stereocenters. The smallest absolute Gasteiger partial charge is 0.281 e. The number of thioether (sulfide) groups is 1. The zero-order valence-corrected chi connectivity index (χ0v) is 15.3. The van der Waals surface area contributed by atoms with Gasteiger partial charge in [-0.15, -0.1) is 11.8 Å². The minimum atomic E-state index is -3.47. The van der Waals surface area contributed by atoms with Crippen molar-refractivity contribution in [3.63, 3.8) is 0 Å². The number of piperidine rings is 1. The maximum Gasteiger partial charge on any atom is 0.281 e. The van der Waals surface area contributed by atoms with Crippen LogP contribution in [0.15, 0.2) is 29.2 Å². The van der Waals surface area contributed by atoms with Crippen molar-refractivity contribution >= 4 is 33.6 Å². The molecule has 8 heteroatoms. The zero-order chi connectivity index (χ0) is 17.0. The van der Waals surface area contributed by atoms with Crippen LogP contribution in [0.25, 0.3) is 0 Å². The fourth-order valence-electron chi connectivity index (χ4n) is 2.54. The van der Waals surface area contributed by atoms with E-state index in [0.29, 0.717) is 19.4 Å². The Morgan fingerprint density at radius 1 is 1.39 bits per heavy atom. The minimum Gasteiger partial charge on any atom is -0.326 e. The van der Waals surface area contributed by atoms with Crippen LogP contribution < -0.4 is 5.32 Å². The molecule has 1 saturated heterocycles. The number of amides is 1. The number of carbonyl (C=O) groups is 1. The molecule has 0 spiro atoms. The van der Waals surface area contributed by atoms with Crippen LogP contribution in [0.4, 0.5) is 5.69 Å². The number of anilines is 1. The van der Waals surface area contributed by atoms with Crippen molar-refractivity contribution in [3.05, 3.63) is 24.3 Å². The average Bonchev–Trinajstić information content (AvgIpc) is 2.55. The van der Waals surface area contributed by atoms with Crippen LogP contribution in [0.3, 0.4) is 0 Å². The van der Waals surface area contributed by atoms with E-state index in [0.717, 1.165) is 10.6 Å². The Balaban J connectivity index is 2.04. The van der Waals surface area contributed by atoms with E-state index >= 15 is 0 Å². The number of hydrogen-bond donors (Lipinski definition) is 1. The highest BCUT2D eigenvalue weighted by molar-refractivity contribution is 7.98. The third-order valence-corrected chi connectivity index (χ3v) is 6.51. The summed E-state index contributed by atoms with van der Waals surface area (Å²) < 4.78 is 27.0. The molecule has 1 aromatic rings. The van der Waals surface area contributed by atoms with Gasteiger partial charge in [-0.05, 0) is 37.3 Å². The summed E-state index contributed by atoms with van der Waals surface area (Å²) >= 11 is 1.61. The van der Waals surface area contributed by atoms with Gasteiger partial charge in [0.2, 0.25) is 5.91 Å². The van der Waals surface area contributed by atoms with Crippen LogP contribution in [0.1, 0.15) is 12.8 Å². The molecule has 2 rings (SSSR count). The molecule has 1 aliphatic heterocycles. The van der Waals surface area contributed by atoms with Gasteiger partial charge in [-0.1, -0.05) is 6.07 Å². The van der Waals surface area contributed by atoms with Crippen molar-refractivity contribution in [1.29, 1.82) is 0 Å². The standard InChI is InChI=1S/C15H23N3O3S2/c1-17(2)23(20,21)18-9-5-6-12(11-18)15(19)16-13-7-4-8-14(10-13)22-3/h4,7-8,10,12H,5-6,9,11H2,1-3H3,(H,16,19). The maximum absolute atomic E-state index is 12.5. The number of nitrogens with one attached hydrogen (secondary N) is 1. The maximum atomic E-state index is 12.5. The summed E-state index contributed by atoms with van der Waals surface area (Å²) in [5.41, 5.74) is 0.745. The molecule has 6 nitrogen and oxygen atoms in total. The lowest BCUT2D eigenvalue weighted by atomic mass is 9.99. The molecule has 0 aromatic heterocycles. The van der Waals surface area contributed by atoms with Gasteiger partial charge in [0, 0.05) is 37.8 Å². The molecule has 128 valence electrons. The first-order chi connectivity index (χ1) is 10.8. The quantitative estimate of drug-likeness (QED) is 0.817. The van der Waals surface area contributed by atoms with Gasteiger partial charge >= 0.3 is 0 Å². The van der Waals surface area contributed by atoms with Gasteiger partial charge in [-0.3, -0.25) is 4.79 Å². The summed E-state index contributed by atoms with van der Waals surface area (Å²) in [7, 11) is -0.453. The van der Waals surface area contributed by atoms with E-state index in [2.05, 4.69) is 5.32 Å². The van der Waals surface area contributed by atoms with E-state index in [1.54, 1.807) is 11.8 Å². The lowest BCUT2D eigenvalue weighted by Crippen LogP contribution is -2.47. The molecule has 1 heterocycles. The second-order valence-corrected chi connectivity index (χ2v) is 8.73. The monoisotopic (exact) mass is 357 g/mol. The van der Waals surface area contributed by atoms with Gasteiger partial charge in [0.05, 0.1) is 5.92 Å². The Hall–Kier alpha value is -1.09. The molecule has 0 bridgehead atoms. The number of hydrogen-bond acceptors (Lipinski definition) is 4. The molecule has 23 heavy (non-hydrogen) atoms. The van der Waals surface area contributed by atoms with Gasteiger partial charge in [0.15, 0.2) is 0 Å². The number of rotatable bonds is 5. The minimum absolute atomic E-state index is 0.123. The molecule has 0 radical (unpaired) electrons. The summed E-state index contributed by atoms with van der Waals surface area (Å²) in [4.78, 5) is 13.5. The molecular weight excluding hydrogens is 334 g/mol. The highest BCUT2D eigenvalue weighted by Crippen LogP contribution is 2.23. The first-order valence-electron chi connectivity index (χ1n) is 7.47. The van der Waals surface area contributed by atoms with Gasteiger partial charge < -0.3 is 5.32 Å². The molecule has 0 aliphatic carbocycles. The van der Waals surface area contributed by atoms with Gasteiger partial charge in [0.1, 0.15) is 0 Å². The summed E-state index contributed by atoms with van der Waals surface area (Å²) in [6.45, 7) is 0.695. The van der Waals surface area contributed by atoms with Crippen molar-refractivity contribution in [2.24, 2.45) is 5.92 Å². The van der Waals surface area contributed by atoms with Gasteiger partial charge in [-0.25, -0.2) is 0 Å². The van der Waals surface area contributed by atoms with Crippen LogP contribution in [-0.2, 0) is 15.0 Å². The topological polar surface area (TPSA) is 69.7 Å². The SMILES string of the molecule is CSc1cccc(NC(=O)C2CCCN(S(=O)(=O)N(C)C)C2)c1. The molecule has 1 aromatic carbocycles. The normalized spacial score (nSPS) is 19.7. The van der Waals surface area contributed by atoms with E-state index in [1.165, 1.54) is 22.7 Å². The predicted molar refractivity (Wildman–Crippen MR) is 93.8 cm³/mol. The van der Waals surface area contributed by atoms with Crippen molar-refractivity contribution in [2.45, 2.75) is 17.7 Å². The Morgan fingerprint density at radius 2 is 2.13 bits per heavy atom. The molecule has 1 N–H and O–H groups in total. The third kappa shape index (κ3) is 4.47. The van der Waals surface area contributed by atoms with Crippen molar-refractivity contribution in [3.8, 4) is 0 Å². The molecule has 0 saturated carbocycles. The molecule has 1 amide bonds. The second kappa shape index (κ2) is 7.65. The summed E-state index contributed by atoms with van der Waals surface area (Å²) in [5, 5.41) is 2.90. The summed E-state index contributed by atoms with van der Waals surface area (Å²) in [6.07, 6.45) is 3.37. The Labute approximate surface area is 142 Å². The summed E-state index contributed by atoms with van der Waals surface area (Å²) in [6, 6.07) is 7.63. The Kier molecular flexibility index (Phi) is 6.07. The van der Waals surface area contributed by atoms with Crippen LogP contribution in [0.5, 0.6) is 0 Å². The molecular formula is C15H23N3O3S2. The fraction of sp³-hybridized carbons (Fsp3) is 0.533. The Morgan fingerprint density at radius 3 is 2.78 bits per heavy atom. The summed E-state index contributed by atoms with van der Waals surface area (Å²) in [5.74, 6) is -0.446. The molecule has 1 unspecified atom stereocenters. The second-order valence-electron chi connectivity index (χ2n) is 5.71. The number of carbonyl (C=O) groups excluding carboxylic acids is 1. The van der Waals surface area contributed by atoms with Crippen molar-refractivity contribution < 1.29 is 13.2 Å². The highest BCUT2D eigenvalue weighted by atomic mass is 32.2. The zero-order valence-electron chi connectivity index (χ0n) is 13.7. The van der Waals surface area contributed by atoms with Gasteiger partial charge in [0.25, 0.3) is 10.2 Å². The van der Waals surface area contributed by atoms with Crippen LogP contribution in [-0.4, -0.2) is 56.4 Å². The predicted octanol–water partition coefficient (Wildman–Crippen LogP) is 1.87. The number of nitrogens with zero attached hydrogens (tertiary/aromatic N) is 2. The third-order valence-electron chi connectivity index (χ3n) is 3.88. The lowest BCUT2D eigenvalue weighted by molar-refractivity contribution is -0.120. The average molecular weight is 358 g/mol. The van der Waals surface area contributed by atoms with Crippen molar-refractivity contribution in [2.75, 3.05) is 38.8 Å². The fourth-order valence-corrected chi connectivity index (χ4v) is 4.19. The van der Waals surface area contributed by atoms with Crippen molar-refractivity contribution in [1.82, 2.24) is 8.61 Å². The number of benzene rings is 1. The van der Waals surface area contributed by atoms with Crippen LogP contribution in [0, 0.1) is 5.92 Å². The largest absolute Gasteiger partial charge is 0.326 e. The van der Waals surface area contributed by atoms with E-state index < -0.39 is 10.2 Å². The molecule has 1 aliphatic rings. The van der Waals surface area contributed by atoms with Crippen LogP contribution >= 0.6 is 11.8 Å². The lowest BCUT2D eigenvalue weighted by Gasteiger charge is -2.32. The van der Waals surface area contributed by atoms with E-state index in [9.17, 15) is 13.2 Å². The highest BCUT2D eigenvalue weighted by Gasteiger charge is 2.33. The first kappa shape index (κ1) is 18.3. The van der Waals surface area contributed by atoms with E-state index in [-0.39, 0.29) is 18.4 Å². The van der Waals surface area contributed by atoms with E-state index in [1.807, 2.05) is 30.5 Å². The van der Waals surface area contributed by atoms with Crippen LogP contribution in [0.2, 0.25) is 0 Å². The Bertz CT molecular complexity index is 662. The first-order valence-corrected chi connectivity index (χ1v) is 10.1. The molecule has 1 fully saturated rings. The van der Waals surface area contributed by atoms with Gasteiger partial charge in [-0.2, -0.15) is 17.0 Å².